The normalized spacial score (nSPS) is 15.2. The van der Waals surface area contributed by atoms with Crippen molar-refractivity contribution >= 4 is 52.8 Å². The van der Waals surface area contributed by atoms with Crippen LogP contribution in [0.2, 0.25) is 0 Å². The fourth-order valence-corrected chi connectivity index (χ4v) is 3.91. The summed E-state index contributed by atoms with van der Waals surface area (Å²) < 4.78 is 10.5. The van der Waals surface area contributed by atoms with Crippen LogP contribution >= 0.6 is 34.8 Å². The van der Waals surface area contributed by atoms with Gasteiger partial charge in [0.25, 0.3) is 0 Å². The highest BCUT2D eigenvalue weighted by molar-refractivity contribution is 6.67. The van der Waals surface area contributed by atoms with Gasteiger partial charge >= 0.3 is 12.2 Å². The quantitative estimate of drug-likeness (QED) is 0.474. The zero-order chi connectivity index (χ0) is 25.1. The summed E-state index contributed by atoms with van der Waals surface area (Å²) >= 11 is 17.1. The van der Waals surface area contributed by atoms with Crippen molar-refractivity contribution in [2.24, 2.45) is 0 Å². The Morgan fingerprint density at radius 3 is 2.29 bits per heavy atom. The monoisotopic (exact) mass is 530 g/mol. The van der Waals surface area contributed by atoms with Gasteiger partial charge in [0, 0.05) is 24.6 Å². The first-order chi connectivity index (χ1) is 15.8. The third kappa shape index (κ3) is 7.17. The molecule has 0 aliphatic carbocycles. The number of alkyl halides is 3. The molecule has 186 valence electrons. The Hall–Kier alpha value is -2.16. The second kappa shape index (κ2) is 10.6. The molecule has 1 fully saturated rings. The number of likely N-dealkylation sites (tertiary alicyclic amines) is 1. The number of aromatic nitrogens is 2. The number of halogens is 3. The topological polar surface area (TPSA) is 85.7 Å². The van der Waals surface area contributed by atoms with Gasteiger partial charge < -0.3 is 14.4 Å². The van der Waals surface area contributed by atoms with Crippen molar-refractivity contribution < 1.29 is 19.1 Å². The molecule has 1 aliphatic rings. The molecule has 2 heterocycles. The lowest BCUT2D eigenvalue weighted by Crippen LogP contribution is -2.41. The summed E-state index contributed by atoms with van der Waals surface area (Å²) in [7, 11) is 0. The van der Waals surface area contributed by atoms with Crippen LogP contribution in [-0.4, -0.2) is 56.0 Å². The fraction of sp³-hybridized carbons (Fsp3) is 0.522. The second-order valence-corrected chi connectivity index (χ2v) is 11.7. The largest absolute Gasteiger partial charge is 0.445 e. The molecule has 0 atom stereocenters. The molecule has 11 heteroatoms. The molecular weight excluding hydrogens is 503 g/mol. The van der Waals surface area contributed by atoms with Gasteiger partial charge in [0.15, 0.2) is 0 Å². The third-order valence-electron chi connectivity index (χ3n) is 5.28. The number of carbonyl (C=O) groups excluding carboxylic acids is 2. The number of amides is 2. The first-order valence-corrected chi connectivity index (χ1v) is 12.1. The molecular formula is C23H29Cl3N4O4. The molecule has 1 aromatic carbocycles. The van der Waals surface area contributed by atoms with Gasteiger partial charge in [-0.1, -0.05) is 53.0 Å². The predicted molar refractivity (Wildman–Crippen MR) is 133 cm³/mol. The van der Waals surface area contributed by atoms with E-state index in [1.807, 2.05) is 58.0 Å². The lowest BCUT2D eigenvalue weighted by atomic mass is 9.91. The minimum atomic E-state index is -1.71. The van der Waals surface area contributed by atoms with E-state index in [-0.39, 0.29) is 12.0 Å². The fourth-order valence-electron chi connectivity index (χ4n) is 3.75. The maximum absolute atomic E-state index is 12.4. The van der Waals surface area contributed by atoms with Crippen LogP contribution < -0.4 is 5.32 Å². The molecule has 1 N–H and O–H groups in total. The standard InChI is InChI=1S/C23H29Cl3N4O4/c1-15-18(16-10-12-29(13-11-16)21(32)34-22(2,3)4)28-30(17-8-6-5-7-9-17)19(15)27-20(31)33-14-23(24,25)26/h5-9,16H,10-14H2,1-4H3,(H,27,31). The first kappa shape index (κ1) is 26.4. The number of hydrogen-bond acceptors (Lipinski definition) is 5. The summed E-state index contributed by atoms with van der Waals surface area (Å²) in [4.78, 5) is 26.5. The number of para-hydroxylation sites is 1. The van der Waals surface area contributed by atoms with Gasteiger partial charge in [0.2, 0.25) is 3.79 Å². The van der Waals surface area contributed by atoms with Gasteiger partial charge in [-0.2, -0.15) is 5.10 Å². The summed E-state index contributed by atoms with van der Waals surface area (Å²) in [6.45, 7) is 8.18. The van der Waals surface area contributed by atoms with Gasteiger partial charge in [-0.3, -0.25) is 5.32 Å². The van der Waals surface area contributed by atoms with E-state index in [1.165, 1.54) is 0 Å². The zero-order valence-electron chi connectivity index (χ0n) is 19.6. The van der Waals surface area contributed by atoms with Gasteiger partial charge in [-0.15, -0.1) is 0 Å². The number of carbonyl (C=O) groups is 2. The SMILES string of the molecule is Cc1c(C2CCN(C(=O)OC(C)(C)C)CC2)nn(-c2ccccc2)c1NC(=O)OCC(Cl)(Cl)Cl. The lowest BCUT2D eigenvalue weighted by Gasteiger charge is -2.33. The van der Waals surface area contributed by atoms with Crippen LogP contribution in [-0.2, 0) is 9.47 Å². The van der Waals surface area contributed by atoms with E-state index < -0.39 is 22.1 Å². The molecule has 1 saturated heterocycles. The van der Waals surface area contributed by atoms with Crippen molar-refractivity contribution in [3.05, 3.63) is 41.6 Å². The minimum absolute atomic E-state index is 0.112. The number of piperidine rings is 1. The smallest absolute Gasteiger partial charge is 0.412 e. The molecule has 2 amide bonds. The van der Waals surface area contributed by atoms with Crippen LogP contribution in [0.1, 0.15) is 50.8 Å². The summed E-state index contributed by atoms with van der Waals surface area (Å²) in [6.07, 6.45) is 0.390. The number of anilines is 1. The molecule has 0 radical (unpaired) electrons. The van der Waals surface area contributed by atoms with Crippen LogP contribution in [0.5, 0.6) is 0 Å². The minimum Gasteiger partial charge on any atom is -0.445 e. The Morgan fingerprint density at radius 2 is 1.74 bits per heavy atom. The maximum atomic E-state index is 12.4. The number of hydrogen-bond donors (Lipinski definition) is 1. The number of nitrogens with zero attached hydrogens (tertiary/aromatic N) is 3. The molecule has 3 rings (SSSR count). The predicted octanol–water partition coefficient (Wildman–Crippen LogP) is 6.21. The highest BCUT2D eigenvalue weighted by Crippen LogP contribution is 2.34. The van der Waals surface area contributed by atoms with E-state index in [0.29, 0.717) is 18.9 Å². The average molecular weight is 532 g/mol. The number of ether oxygens (including phenoxy) is 2. The van der Waals surface area contributed by atoms with Crippen LogP contribution in [0.4, 0.5) is 15.4 Å². The summed E-state index contributed by atoms with van der Waals surface area (Å²) in [6, 6.07) is 9.44. The molecule has 0 unspecified atom stereocenters. The molecule has 1 aliphatic heterocycles. The first-order valence-electron chi connectivity index (χ1n) is 11.0. The highest BCUT2D eigenvalue weighted by Gasteiger charge is 2.31. The Labute approximate surface area is 214 Å². The molecule has 0 bridgehead atoms. The van der Waals surface area contributed by atoms with Crippen molar-refractivity contribution in [2.45, 2.75) is 55.8 Å². The van der Waals surface area contributed by atoms with E-state index in [9.17, 15) is 9.59 Å². The van der Waals surface area contributed by atoms with Crippen molar-refractivity contribution in [3.63, 3.8) is 0 Å². The van der Waals surface area contributed by atoms with Gasteiger partial charge in [0.1, 0.15) is 18.0 Å². The zero-order valence-corrected chi connectivity index (χ0v) is 21.9. The molecule has 34 heavy (non-hydrogen) atoms. The molecule has 2 aromatic rings. The van der Waals surface area contributed by atoms with Crippen LogP contribution in [0, 0.1) is 6.92 Å². The van der Waals surface area contributed by atoms with Crippen LogP contribution in [0.3, 0.4) is 0 Å². The Bertz CT molecular complexity index is 1010. The van der Waals surface area contributed by atoms with Crippen molar-refractivity contribution in [1.82, 2.24) is 14.7 Å². The summed E-state index contributed by atoms with van der Waals surface area (Å²) in [5.74, 6) is 0.589. The molecule has 0 spiro atoms. The van der Waals surface area contributed by atoms with Gasteiger partial charge in [-0.05, 0) is 52.7 Å². The van der Waals surface area contributed by atoms with Gasteiger partial charge in [0.05, 0.1) is 11.4 Å². The summed E-state index contributed by atoms with van der Waals surface area (Å²) in [5, 5.41) is 7.57. The molecule has 1 aromatic heterocycles. The van der Waals surface area contributed by atoms with Crippen molar-refractivity contribution in [1.29, 1.82) is 0 Å². The molecule has 0 saturated carbocycles. The van der Waals surface area contributed by atoms with E-state index in [4.69, 9.17) is 49.4 Å². The van der Waals surface area contributed by atoms with E-state index in [0.717, 1.165) is 29.8 Å². The number of nitrogens with one attached hydrogen (secondary N) is 1. The Kier molecular flexibility index (Phi) is 8.26. The lowest BCUT2D eigenvalue weighted by molar-refractivity contribution is 0.0204. The Morgan fingerprint density at radius 1 is 1.12 bits per heavy atom. The summed E-state index contributed by atoms with van der Waals surface area (Å²) in [5.41, 5.74) is 1.90. The number of rotatable bonds is 4. The molecule has 8 nitrogen and oxygen atoms in total. The maximum Gasteiger partial charge on any atom is 0.412 e. The Balaban J connectivity index is 1.80. The van der Waals surface area contributed by atoms with E-state index >= 15 is 0 Å². The van der Waals surface area contributed by atoms with Crippen molar-refractivity contribution in [2.75, 3.05) is 25.0 Å². The van der Waals surface area contributed by atoms with E-state index in [1.54, 1.807) is 9.58 Å². The van der Waals surface area contributed by atoms with Crippen molar-refractivity contribution in [3.8, 4) is 5.69 Å². The van der Waals surface area contributed by atoms with Crippen LogP contribution in [0.15, 0.2) is 30.3 Å². The second-order valence-electron chi connectivity index (χ2n) is 9.16. The van der Waals surface area contributed by atoms with Crippen LogP contribution in [0.25, 0.3) is 5.69 Å². The number of benzene rings is 1. The van der Waals surface area contributed by atoms with Gasteiger partial charge in [-0.25, -0.2) is 14.3 Å². The van der Waals surface area contributed by atoms with E-state index in [2.05, 4.69) is 5.32 Å². The average Bonchev–Trinajstić information content (AvgIpc) is 3.07. The highest BCUT2D eigenvalue weighted by atomic mass is 35.6. The third-order valence-corrected chi connectivity index (χ3v) is 5.61.